The van der Waals surface area contributed by atoms with E-state index in [1.165, 1.54) is 0 Å². The van der Waals surface area contributed by atoms with Crippen LogP contribution in [0.1, 0.15) is 38.5 Å². The fourth-order valence-corrected chi connectivity index (χ4v) is 2.54. The van der Waals surface area contributed by atoms with Crippen molar-refractivity contribution in [1.29, 1.82) is 0 Å². The van der Waals surface area contributed by atoms with E-state index in [-0.39, 0.29) is 22.5 Å². The van der Waals surface area contributed by atoms with Crippen LogP contribution in [0.2, 0.25) is 0 Å². The maximum absolute atomic E-state index is 11.0. The summed E-state index contributed by atoms with van der Waals surface area (Å²) in [5, 5.41) is 9.06. The number of hydrogen-bond donors (Lipinski definition) is 2. The zero-order valence-electron chi connectivity index (χ0n) is 7.58. The number of carboxylic acid groups (broad SMARTS) is 1. The summed E-state index contributed by atoms with van der Waals surface area (Å²) in [7, 11) is 0. The number of halogens is 1. The van der Waals surface area contributed by atoms with Gasteiger partial charge in [0.25, 0.3) is 0 Å². The number of carboxylic acids is 1. The summed E-state index contributed by atoms with van der Waals surface area (Å²) >= 11 is 0. The van der Waals surface area contributed by atoms with Gasteiger partial charge in [-0.15, -0.1) is 17.0 Å². The lowest BCUT2D eigenvalue weighted by molar-refractivity contribution is -0.155. The molecule has 3 aliphatic rings. The average molecular weight is 250 g/mol. The van der Waals surface area contributed by atoms with Gasteiger partial charge in [0, 0.05) is 5.54 Å². The quantitative estimate of drug-likeness (QED) is 0.744. The molecule has 3 N–H and O–H groups in total. The van der Waals surface area contributed by atoms with Gasteiger partial charge in [0.05, 0.1) is 5.41 Å². The number of carbonyl (C=O) groups is 1. The third-order valence-corrected chi connectivity index (χ3v) is 3.76. The highest BCUT2D eigenvalue weighted by Crippen LogP contribution is 2.51. The minimum atomic E-state index is -0.607. The maximum atomic E-state index is 11.0. The summed E-state index contributed by atoms with van der Waals surface area (Å²) in [6, 6.07) is 0. The van der Waals surface area contributed by atoms with E-state index in [1.807, 2.05) is 0 Å². The van der Waals surface area contributed by atoms with Gasteiger partial charge in [-0.05, 0) is 38.5 Å². The summed E-state index contributed by atoms with van der Waals surface area (Å²) in [4.78, 5) is 11.0. The molecule has 2 bridgehead atoms. The van der Waals surface area contributed by atoms with Crippen LogP contribution in [0.25, 0.3) is 0 Å². The minimum Gasteiger partial charge on any atom is -0.481 e. The topological polar surface area (TPSA) is 63.3 Å². The number of fused-ring (bicyclic) bond motifs is 3. The molecule has 3 saturated carbocycles. The molecule has 3 fully saturated rings. The van der Waals surface area contributed by atoms with E-state index in [9.17, 15) is 4.79 Å². The molecular formula is C9H16BrNO2. The van der Waals surface area contributed by atoms with Crippen LogP contribution in [0.5, 0.6) is 0 Å². The molecule has 3 nitrogen and oxygen atoms in total. The van der Waals surface area contributed by atoms with Crippen molar-refractivity contribution in [2.75, 3.05) is 0 Å². The third kappa shape index (κ3) is 1.62. The van der Waals surface area contributed by atoms with Crippen molar-refractivity contribution in [2.24, 2.45) is 11.1 Å². The Balaban J connectivity index is 0.000000845. The van der Waals surface area contributed by atoms with Gasteiger partial charge in [-0.3, -0.25) is 4.79 Å². The van der Waals surface area contributed by atoms with Gasteiger partial charge in [-0.25, -0.2) is 0 Å². The van der Waals surface area contributed by atoms with Gasteiger partial charge < -0.3 is 10.8 Å². The van der Waals surface area contributed by atoms with Gasteiger partial charge in [0.2, 0.25) is 0 Å². The van der Waals surface area contributed by atoms with Crippen molar-refractivity contribution in [1.82, 2.24) is 0 Å². The first-order chi connectivity index (χ1) is 5.56. The van der Waals surface area contributed by atoms with Crippen LogP contribution in [0.15, 0.2) is 0 Å². The predicted octanol–water partition coefficient (Wildman–Crippen LogP) is 1.70. The van der Waals surface area contributed by atoms with Gasteiger partial charge >= 0.3 is 5.97 Å². The average Bonchev–Trinajstić information content (AvgIpc) is 2.06. The molecule has 0 atom stereocenters. The smallest absolute Gasteiger partial charge is 0.309 e. The molecule has 0 saturated heterocycles. The largest absolute Gasteiger partial charge is 0.481 e. The Hall–Kier alpha value is -0.0900. The van der Waals surface area contributed by atoms with Crippen molar-refractivity contribution in [3.05, 3.63) is 0 Å². The van der Waals surface area contributed by atoms with Crippen molar-refractivity contribution in [2.45, 2.75) is 44.1 Å². The van der Waals surface area contributed by atoms with Crippen LogP contribution in [0.4, 0.5) is 0 Å². The van der Waals surface area contributed by atoms with Crippen molar-refractivity contribution >= 4 is 23.0 Å². The fourth-order valence-electron chi connectivity index (χ4n) is 2.54. The monoisotopic (exact) mass is 249 g/mol. The first-order valence-electron chi connectivity index (χ1n) is 4.59. The van der Waals surface area contributed by atoms with Crippen LogP contribution in [-0.2, 0) is 4.79 Å². The van der Waals surface area contributed by atoms with Crippen molar-refractivity contribution in [3.8, 4) is 0 Å². The van der Waals surface area contributed by atoms with Crippen molar-refractivity contribution < 1.29 is 9.90 Å². The first-order valence-corrected chi connectivity index (χ1v) is 4.59. The first kappa shape index (κ1) is 11.0. The fraction of sp³-hybridized carbons (Fsp3) is 0.889. The summed E-state index contributed by atoms with van der Waals surface area (Å²) in [6.07, 6.45) is 5.08. The molecule has 3 rings (SSSR count). The highest BCUT2D eigenvalue weighted by molar-refractivity contribution is 8.93. The maximum Gasteiger partial charge on any atom is 0.309 e. The molecule has 0 aromatic rings. The zero-order chi connectivity index (χ0) is 8.82. The highest BCUT2D eigenvalue weighted by Gasteiger charge is 2.50. The number of aliphatic carboxylic acids is 1. The van der Waals surface area contributed by atoms with Crippen LogP contribution in [0, 0.1) is 5.41 Å². The molecule has 3 aliphatic carbocycles. The third-order valence-electron chi connectivity index (χ3n) is 3.76. The Kier molecular flexibility index (Phi) is 2.74. The van der Waals surface area contributed by atoms with Crippen LogP contribution in [-0.4, -0.2) is 16.6 Å². The summed E-state index contributed by atoms with van der Waals surface area (Å²) in [6.45, 7) is 0. The molecule has 0 heterocycles. The van der Waals surface area contributed by atoms with E-state index in [0.29, 0.717) is 0 Å². The lowest BCUT2D eigenvalue weighted by atomic mass is 9.58. The molecule has 0 amide bonds. The molecule has 0 radical (unpaired) electrons. The second-order valence-electron chi connectivity index (χ2n) is 4.45. The Morgan fingerprint density at radius 3 is 1.77 bits per heavy atom. The van der Waals surface area contributed by atoms with Gasteiger partial charge in [-0.2, -0.15) is 0 Å². The van der Waals surface area contributed by atoms with E-state index in [1.54, 1.807) is 0 Å². The molecule has 0 spiro atoms. The van der Waals surface area contributed by atoms with Gasteiger partial charge in [0.1, 0.15) is 0 Å². The number of nitrogens with two attached hydrogens (primary N) is 1. The van der Waals surface area contributed by atoms with Gasteiger partial charge in [0.15, 0.2) is 0 Å². The minimum absolute atomic E-state index is 0. The molecule has 4 heteroatoms. The van der Waals surface area contributed by atoms with E-state index in [4.69, 9.17) is 10.8 Å². The Labute approximate surface area is 88.5 Å². The lowest BCUT2D eigenvalue weighted by Crippen LogP contribution is -2.54. The van der Waals surface area contributed by atoms with E-state index in [2.05, 4.69) is 0 Å². The molecule has 13 heavy (non-hydrogen) atoms. The Morgan fingerprint density at radius 2 is 1.46 bits per heavy atom. The van der Waals surface area contributed by atoms with Crippen LogP contribution in [0.3, 0.4) is 0 Å². The molecular weight excluding hydrogens is 234 g/mol. The number of hydrogen-bond acceptors (Lipinski definition) is 2. The number of rotatable bonds is 1. The highest BCUT2D eigenvalue weighted by atomic mass is 79.9. The molecule has 0 unspecified atom stereocenters. The molecule has 0 aliphatic heterocycles. The molecule has 0 aromatic heterocycles. The summed E-state index contributed by atoms with van der Waals surface area (Å²) in [5.41, 5.74) is 5.64. The van der Waals surface area contributed by atoms with Crippen LogP contribution >= 0.6 is 17.0 Å². The Bertz CT molecular complexity index is 205. The predicted molar refractivity (Wildman–Crippen MR) is 55.0 cm³/mol. The van der Waals surface area contributed by atoms with E-state index in [0.717, 1.165) is 38.5 Å². The SMILES string of the molecule is Br.NC12CCC(C(=O)O)(CC1)CC2. The van der Waals surface area contributed by atoms with E-state index >= 15 is 0 Å². The van der Waals surface area contributed by atoms with Crippen molar-refractivity contribution in [3.63, 3.8) is 0 Å². The summed E-state index contributed by atoms with van der Waals surface area (Å²) in [5.74, 6) is -0.607. The Morgan fingerprint density at radius 1 is 1.08 bits per heavy atom. The van der Waals surface area contributed by atoms with E-state index < -0.39 is 11.4 Å². The summed E-state index contributed by atoms with van der Waals surface area (Å²) < 4.78 is 0. The standard InChI is InChI=1S/C9H15NO2.BrH/c10-9-4-1-8(2-5-9,3-6-9)7(11)12;/h1-6,10H2,(H,11,12);1H. The normalized spacial score (nSPS) is 42.5. The second kappa shape index (κ2) is 3.24. The molecule has 0 aromatic carbocycles. The van der Waals surface area contributed by atoms with Crippen LogP contribution < -0.4 is 5.73 Å². The lowest BCUT2D eigenvalue weighted by Gasteiger charge is -2.49. The van der Waals surface area contributed by atoms with Gasteiger partial charge in [-0.1, -0.05) is 0 Å². The zero-order valence-corrected chi connectivity index (χ0v) is 9.30. The molecule has 76 valence electrons. The second-order valence-corrected chi connectivity index (χ2v) is 4.45.